The highest BCUT2D eigenvalue weighted by atomic mass is 32.2. The van der Waals surface area contributed by atoms with Gasteiger partial charge in [0, 0.05) is 17.6 Å². The van der Waals surface area contributed by atoms with Gasteiger partial charge in [-0.05, 0) is 67.1 Å². The van der Waals surface area contributed by atoms with Crippen molar-refractivity contribution in [1.82, 2.24) is 4.90 Å². The molecular formula is C29H25N5O3S2. The number of hydrogen-bond donors (Lipinski definition) is 1. The number of aliphatic imine (C=N–C) groups is 1. The number of benzene rings is 3. The Morgan fingerprint density at radius 2 is 1.90 bits per heavy atom. The Balaban J connectivity index is 1.51. The number of nitrogens with one attached hydrogen (secondary N) is 1. The topological polar surface area (TPSA) is 98.0 Å². The molecule has 0 spiro atoms. The van der Waals surface area contributed by atoms with Crippen LogP contribution in [-0.4, -0.2) is 35.7 Å². The number of rotatable bonds is 5. The summed E-state index contributed by atoms with van der Waals surface area (Å²) < 4.78 is 4.99. The molecule has 0 atom stereocenters. The Morgan fingerprint density at radius 1 is 1.10 bits per heavy atom. The molecule has 3 aromatic carbocycles. The number of carbonyl (C=O) groups excluding carboxylic acids is 2. The molecule has 2 heterocycles. The summed E-state index contributed by atoms with van der Waals surface area (Å²) in [6, 6.07) is 22.9. The van der Waals surface area contributed by atoms with E-state index in [1.165, 1.54) is 23.5 Å². The van der Waals surface area contributed by atoms with E-state index in [4.69, 9.17) is 9.73 Å². The minimum absolute atomic E-state index is 0.135. The van der Waals surface area contributed by atoms with Gasteiger partial charge in [-0.1, -0.05) is 48.2 Å². The van der Waals surface area contributed by atoms with Crippen molar-refractivity contribution in [1.29, 1.82) is 5.26 Å². The smallest absolute Gasteiger partial charge is 0.411 e. The fraction of sp³-hybridized carbons (Fsp3) is 0.172. The van der Waals surface area contributed by atoms with E-state index in [0.29, 0.717) is 33.6 Å². The standard InChI is InChI=1S/C29H25N5O3S2/c1-4-37-29(36)31-21-12-13-23-24(15-21)38-27(33(23)3)25-26(35)34(17-19-8-6-5-7-9-19)28(39-25)32-22-14-20(16-30)11-10-18(22)2/h5-15H,4,17H2,1-3H3,(H,31,36)/b27-25-,32-28?. The zero-order valence-corrected chi connectivity index (χ0v) is 23.2. The van der Waals surface area contributed by atoms with Crippen molar-refractivity contribution in [2.24, 2.45) is 4.99 Å². The van der Waals surface area contributed by atoms with Gasteiger partial charge in [0.15, 0.2) is 5.17 Å². The second-order valence-corrected chi connectivity index (χ2v) is 10.8. The summed E-state index contributed by atoms with van der Waals surface area (Å²) in [6.07, 6.45) is -0.512. The van der Waals surface area contributed by atoms with Crippen LogP contribution in [0.3, 0.4) is 0 Å². The van der Waals surface area contributed by atoms with Gasteiger partial charge in [0.1, 0.15) is 4.91 Å². The zero-order chi connectivity index (χ0) is 27.5. The summed E-state index contributed by atoms with van der Waals surface area (Å²) in [4.78, 5) is 35.8. The molecule has 3 aromatic rings. The molecule has 0 bridgehead atoms. The number of ether oxygens (including phenoxy) is 1. The maximum absolute atomic E-state index is 13.9. The number of thioether (sulfide) groups is 2. The normalized spacial score (nSPS) is 17.4. The van der Waals surface area contributed by atoms with E-state index in [-0.39, 0.29) is 12.5 Å². The highest BCUT2D eigenvalue weighted by molar-refractivity contribution is 8.19. The van der Waals surface area contributed by atoms with Crippen molar-refractivity contribution in [2.45, 2.75) is 25.3 Å². The molecule has 5 rings (SSSR count). The first kappa shape index (κ1) is 26.4. The summed E-state index contributed by atoms with van der Waals surface area (Å²) in [5.74, 6) is -0.135. The first-order valence-corrected chi connectivity index (χ1v) is 13.9. The average molecular weight is 556 g/mol. The average Bonchev–Trinajstić information content (AvgIpc) is 3.41. The summed E-state index contributed by atoms with van der Waals surface area (Å²) >= 11 is 2.80. The lowest BCUT2D eigenvalue weighted by Crippen LogP contribution is -2.29. The SMILES string of the molecule is CCOC(=O)Nc1ccc2c(c1)S/C(=C1\SC(=Nc3cc(C#N)ccc3C)N(Cc3ccccc3)C1=O)N2C. The minimum atomic E-state index is -0.512. The van der Waals surface area contributed by atoms with Gasteiger partial charge < -0.3 is 9.64 Å². The molecule has 2 amide bonds. The number of fused-ring (bicyclic) bond motifs is 1. The minimum Gasteiger partial charge on any atom is -0.450 e. The maximum Gasteiger partial charge on any atom is 0.411 e. The number of carbonyl (C=O) groups is 2. The van der Waals surface area contributed by atoms with Gasteiger partial charge >= 0.3 is 6.09 Å². The van der Waals surface area contributed by atoms with E-state index in [2.05, 4.69) is 11.4 Å². The van der Waals surface area contributed by atoms with Gasteiger partial charge in [0.2, 0.25) is 0 Å². The molecule has 196 valence electrons. The number of nitrogens with zero attached hydrogens (tertiary/aromatic N) is 4. The van der Waals surface area contributed by atoms with E-state index in [1.807, 2.05) is 73.5 Å². The predicted octanol–water partition coefficient (Wildman–Crippen LogP) is 6.61. The third-order valence-corrected chi connectivity index (χ3v) is 8.56. The molecule has 2 aliphatic rings. The molecule has 0 aliphatic carbocycles. The fourth-order valence-electron chi connectivity index (χ4n) is 4.14. The maximum atomic E-state index is 13.9. The second-order valence-electron chi connectivity index (χ2n) is 8.81. The van der Waals surface area contributed by atoms with Crippen LogP contribution in [0.25, 0.3) is 0 Å². The summed E-state index contributed by atoms with van der Waals surface area (Å²) in [5, 5.41) is 13.5. The highest BCUT2D eigenvalue weighted by Gasteiger charge is 2.39. The van der Waals surface area contributed by atoms with Crippen molar-refractivity contribution in [3.8, 4) is 6.07 Å². The van der Waals surface area contributed by atoms with Gasteiger partial charge in [-0.2, -0.15) is 5.26 Å². The Bertz CT molecular complexity index is 1560. The molecule has 1 fully saturated rings. The summed E-state index contributed by atoms with van der Waals surface area (Å²) in [7, 11) is 1.92. The van der Waals surface area contributed by atoms with Gasteiger partial charge in [-0.15, -0.1) is 0 Å². The van der Waals surface area contributed by atoms with E-state index in [9.17, 15) is 14.9 Å². The Morgan fingerprint density at radius 3 is 2.64 bits per heavy atom. The number of aryl methyl sites for hydroxylation is 1. The molecule has 0 aromatic heterocycles. The summed E-state index contributed by atoms with van der Waals surface area (Å²) in [5.41, 5.74) is 4.61. The van der Waals surface area contributed by atoms with Crippen molar-refractivity contribution in [3.63, 3.8) is 0 Å². The fourth-order valence-corrected chi connectivity index (χ4v) is 6.52. The van der Waals surface area contributed by atoms with E-state index >= 15 is 0 Å². The van der Waals surface area contributed by atoms with Crippen LogP contribution < -0.4 is 10.2 Å². The highest BCUT2D eigenvalue weighted by Crippen LogP contribution is 2.51. The Kier molecular flexibility index (Phi) is 7.63. The van der Waals surface area contributed by atoms with Crippen molar-refractivity contribution in [2.75, 3.05) is 23.9 Å². The molecule has 8 nitrogen and oxygen atoms in total. The van der Waals surface area contributed by atoms with Crippen LogP contribution in [0, 0.1) is 18.3 Å². The zero-order valence-electron chi connectivity index (χ0n) is 21.6. The van der Waals surface area contributed by atoms with E-state index in [1.54, 1.807) is 24.0 Å². The lowest BCUT2D eigenvalue weighted by molar-refractivity contribution is -0.122. The molecule has 0 saturated carbocycles. The molecule has 1 N–H and O–H groups in total. The second kappa shape index (κ2) is 11.3. The van der Waals surface area contributed by atoms with Crippen molar-refractivity contribution < 1.29 is 14.3 Å². The van der Waals surface area contributed by atoms with Crippen LogP contribution in [0.1, 0.15) is 23.6 Å². The number of nitriles is 1. The molecule has 1 saturated heterocycles. The number of anilines is 2. The predicted molar refractivity (Wildman–Crippen MR) is 156 cm³/mol. The van der Waals surface area contributed by atoms with Crippen LogP contribution in [0.4, 0.5) is 21.9 Å². The molecular weight excluding hydrogens is 530 g/mol. The van der Waals surface area contributed by atoms with Gasteiger partial charge in [-0.25, -0.2) is 9.79 Å². The van der Waals surface area contributed by atoms with Gasteiger partial charge in [-0.3, -0.25) is 15.0 Å². The number of amides is 2. The molecule has 0 radical (unpaired) electrons. The Hall–Kier alpha value is -4.20. The lowest BCUT2D eigenvalue weighted by Gasteiger charge is -2.17. The third kappa shape index (κ3) is 5.50. The number of hydrogen-bond acceptors (Lipinski definition) is 8. The van der Waals surface area contributed by atoms with Gasteiger partial charge in [0.25, 0.3) is 5.91 Å². The van der Waals surface area contributed by atoms with Crippen molar-refractivity contribution in [3.05, 3.63) is 93.4 Å². The summed E-state index contributed by atoms with van der Waals surface area (Å²) in [6.45, 7) is 4.34. The third-order valence-electron chi connectivity index (χ3n) is 6.15. The number of amidine groups is 1. The first-order chi connectivity index (χ1) is 18.9. The molecule has 10 heteroatoms. The van der Waals surface area contributed by atoms with Crippen LogP contribution >= 0.6 is 23.5 Å². The van der Waals surface area contributed by atoms with E-state index < -0.39 is 6.09 Å². The molecule has 0 unspecified atom stereocenters. The quantitative estimate of drug-likeness (QED) is 0.354. The van der Waals surface area contributed by atoms with Crippen molar-refractivity contribution >= 4 is 57.8 Å². The van der Waals surface area contributed by atoms with Crippen LogP contribution in [0.2, 0.25) is 0 Å². The Labute approximate surface area is 235 Å². The largest absolute Gasteiger partial charge is 0.450 e. The first-order valence-electron chi connectivity index (χ1n) is 12.2. The van der Waals surface area contributed by atoms with Gasteiger partial charge in [0.05, 0.1) is 41.2 Å². The van der Waals surface area contributed by atoms with Crippen LogP contribution in [-0.2, 0) is 16.1 Å². The molecule has 2 aliphatic heterocycles. The van der Waals surface area contributed by atoms with Crippen LogP contribution in [0.5, 0.6) is 0 Å². The van der Waals surface area contributed by atoms with E-state index in [0.717, 1.165) is 26.7 Å². The van der Waals surface area contributed by atoms with Crippen LogP contribution in [0.15, 0.2) is 86.6 Å². The molecule has 39 heavy (non-hydrogen) atoms. The monoisotopic (exact) mass is 555 g/mol. The lowest BCUT2D eigenvalue weighted by atomic mass is 10.1.